The van der Waals surface area contributed by atoms with Gasteiger partial charge in [-0.1, -0.05) is 170 Å². The monoisotopic (exact) mass is 702 g/mol. The van der Waals surface area contributed by atoms with Gasteiger partial charge in [-0.05, 0) is 68.8 Å². The van der Waals surface area contributed by atoms with Crippen LogP contribution in [0.4, 0.5) is 0 Å². The predicted molar refractivity (Wildman–Crippen MR) is 218 cm³/mol. The maximum absolute atomic E-state index is 11.3. The molecule has 0 aromatic heterocycles. The Morgan fingerprint density at radius 3 is 0.574 bits per heavy atom. The van der Waals surface area contributed by atoms with E-state index in [0.717, 1.165) is 44.5 Å². The molecular formula is C50H38O4. The molecule has 0 spiro atoms. The molecule has 8 rings (SSSR count). The minimum Gasteiger partial charge on any atom is -0.507 e. The summed E-state index contributed by atoms with van der Waals surface area (Å²) in [5, 5.41) is 45.4. The summed E-state index contributed by atoms with van der Waals surface area (Å²) in [5.74, 6) is -0.236. The maximum atomic E-state index is 11.3. The normalized spacial score (nSPS) is 11.2. The van der Waals surface area contributed by atoms with Gasteiger partial charge in [0.05, 0.1) is 0 Å². The first-order chi connectivity index (χ1) is 26.5. The molecule has 0 aliphatic carbocycles. The Morgan fingerprint density at radius 2 is 0.370 bits per heavy atom. The van der Waals surface area contributed by atoms with E-state index in [2.05, 4.69) is 24.3 Å². The second-order valence-electron chi connectivity index (χ2n) is 13.4. The van der Waals surface area contributed by atoms with Gasteiger partial charge in [-0.3, -0.25) is 0 Å². The smallest absolute Gasteiger partial charge is 0.123 e. The molecule has 0 amide bonds. The molecule has 0 aliphatic rings. The Hall–Kier alpha value is -7.04. The van der Waals surface area contributed by atoms with E-state index < -0.39 is 11.8 Å². The maximum Gasteiger partial charge on any atom is 0.123 e. The molecule has 0 unspecified atom stereocenters. The third-order valence-corrected chi connectivity index (χ3v) is 10.3. The van der Waals surface area contributed by atoms with E-state index in [1.165, 1.54) is 0 Å². The molecule has 8 aromatic carbocycles. The summed E-state index contributed by atoms with van der Waals surface area (Å²) in [4.78, 5) is 0. The van der Waals surface area contributed by atoms with Gasteiger partial charge >= 0.3 is 0 Å². The van der Waals surface area contributed by atoms with Gasteiger partial charge in [0, 0.05) is 34.1 Å². The molecule has 0 atom stereocenters. The number of hydrogen-bond acceptors (Lipinski definition) is 4. The van der Waals surface area contributed by atoms with Crippen LogP contribution in [0.5, 0.6) is 23.0 Å². The fourth-order valence-corrected chi connectivity index (χ4v) is 7.91. The number of phenolic OH excluding ortho intramolecular Hbond substituents is 4. The van der Waals surface area contributed by atoms with Crippen LogP contribution < -0.4 is 0 Å². The first kappa shape index (κ1) is 34.1. The largest absolute Gasteiger partial charge is 0.507 e. The molecule has 8 aromatic rings. The van der Waals surface area contributed by atoms with E-state index >= 15 is 0 Å². The quantitative estimate of drug-likeness (QED) is 0.121. The Bertz CT molecular complexity index is 2230. The van der Waals surface area contributed by atoms with E-state index in [4.69, 9.17) is 0 Å². The van der Waals surface area contributed by atoms with E-state index in [1.807, 2.05) is 146 Å². The second kappa shape index (κ2) is 14.9. The van der Waals surface area contributed by atoms with Crippen molar-refractivity contribution in [3.63, 3.8) is 0 Å². The molecule has 54 heavy (non-hydrogen) atoms. The topological polar surface area (TPSA) is 80.9 Å². The second-order valence-corrected chi connectivity index (χ2v) is 13.4. The molecular weight excluding hydrogens is 665 g/mol. The van der Waals surface area contributed by atoms with Crippen LogP contribution in [0.1, 0.15) is 34.1 Å². The van der Waals surface area contributed by atoms with Crippen LogP contribution in [0, 0.1) is 0 Å². The third-order valence-electron chi connectivity index (χ3n) is 10.3. The highest BCUT2D eigenvalue weighted by Gasteiger charge is 2.35. The van der Waals surface area contributed by atoms with Crippen molar-refractivity contribution in [3.05, 3.63) is 216 Å². The molecule has 4 heteroatoms. The Balaban J connectivity index is 1.54. The fourth-order valence-electron chi connectivity index (χ4n) is 7.91. The lowest BCUT2D eigenvalue weighted by atomic mass is 9.68. The van der Waals surface area contributed by atoms with Crippen molar-refractivity contribution >= 4 is 0 Å². The van der Waals surface area contributed by atoms with Crippen molar-refractivity contribution in [3.8, 4) is 67.5 Å². The molecule has 0 fully saturated rings. The molecule has 0 bridgehead atoms. The van der Waals surface area contributed by atoms with Crippen LogP contribution in [0.15, 0.2) is 194 Å². The first-order valence-corrected chi connectivity index (χ1v) is 18.0. The Morgan fingerprint density at radius 1 is 0.204 bits per heavy atom. The third kappa shape index (κ3) is 6.35. The standard InChI is InChI=1S/C50H38O4/c51-45-29-13-9-21-37(45)33-17-1-5-25-41(33)49(42-26-6-2-18-34(42)38-22-10-14-30-46(38)52)50(43-27-7-3-19-35(43)39-23-11-15-31-47(39)53)44-28-8-4-20-36(44)40-24-12-16-32-48(40)54/h1-32,49-54H. The summed E-state index contributed by atoms with van der Waals surface area (Å²) < 4.78 is 0. The van der Waals surface area contributed by atoms with Gasteiger partial charge in [0.15, 0.2) is 0 Å². The van der Waals surface area contributed by atoms with Gasteiger partial charge < -0.3 is 20.4 Å². The van der Waals surface area contributed by atoms with Gasteiger partial charge in [0.2, 0.25) is 0 Å². The Kier molecular flexibility index (Phi) is 9.40. The van der Waals surface area contributed by atoms with Crippen LogP contribution in [-0.4, -0.2) is 20.4 Å². The summed E-state index contributed by atoms with van der Waals surface area (Å²) in [6.45, 7) is 0. The fraction of sp³-hybridized carbons (Fsp3) is 0.0400. The molecule has 4 N–H and O–H groups in total. The molecule has 0 saturated carbocycles. The van der Waals surface area contributed by atoms with E-state index in [-0.39, 0.29) is 23.0 Å². The number of para-hydroxylation sites is 4. The van der Waals surface area contributed by atoms with Gasteiger partial charge in [0.1, 0.15) is 23.0 Å². The average Bonchev–Trinajstić information content (AvgIpc) is 3.21. The first-order valence-electron chi connectivity index (χ1n) is 18.0. The summed E-state index contributed by atoms with van der Waals surface area (Å²) in [6.07, 6.45) is 0. The van der Waals surface area contributed by atoms with E-state index in [0.29, 0.717) is 22.3 Å². The summed E-state index contributed by atoms with van der Waals surface area (Å²) >= 11 is 0. The molecule has 0 radical (unpaired) electrons. The predicted octanol–water partition coefficient (Wildman–Crippen LogP) is 12.1. The van der Waals surface area contributed by atoms with E-state index in [9.17, 15) is 20.4 Å². The number of phenols is 4. The van der Waals surface area contributed by atoms with Crippen molar-refractivity contribution in [2.75, 3.05) is 0 Å². The minimum atomic E-state index is -0.448. The average molecular weight is 703 g/mol. The highest BCUT2D eigenvalue weighted by molar-refractivity contribution is 5.82. The highest BCUT2D eigenvalue weighted by Crippen LogP contribution is 2.53. The van der Waals surface area contributed by atoms with Gasteiger partial charge in [0.25, 0.3) is 0 Å². The van der Waals surface area contributed by atoms with Crippen LogP contribution in [0.3, 0.4) is 0 Å². The van der Waals surface area contributed by atoms with Crippen LogP contribution in [0.2, 0.25) is 0 Å². The van der Waals surface area contributed by atoms with Gasteiger partial charge in [-0.25, -0.2) is 0 Å². The van der Waals surface area contributed by atoms with Crippen molar-refractivity contribution < 1.29 is 20.4 Å². The van der Waals surface area contributed by atoms with Crippen LogP contribution >= 0.6 is 0 Å². The number of benzene rings is 8. The van der Waals surface area contributed by atoms with Gasteiger partial charge in [-0.2, -0.15) is 0 Å². The lowest BCUT2D eigenvalue weighted by molar-refractivity contribution is 0.476. The zero-order valence-corrected chi connectivity index (χ0v) is 29.4. The van der Waals surface area contributed by atoms with Crippen LogP contribution in [0.25, 0.3) is 44.5 Å². The Labute approximate surface area is 315 Å². The summed E-state index contributed by atoms with van der Waals surface area (Å²) in [6, 6.07) is 62.2. The minimum absolute atomic E-state index is 0.165. The zero-order valence-electron chi connectivity index (χ0n) is 29.4. The van der Waals surface area contributed by atoms with Crippen LogP contribution in [-0.2, 0) is 0 Å². The zero-order chi connectivity index (χ0) is 37.0. The molecule has 262 valence electrons. The van der Waals surface area contributed by atoms with Crippen molar-refractivity contribution in [1.29, 1.82) is 0 Å². The summed E-state index contributed by atoms with van der Waals surface area (Å²) in [5.41, 5.74) is 10.0. The highest BCUT2D eigenvalue weighted by atomic mass is 16.3. The van der Waals surface area contributed by atoms with E-state index in [1.54, 1.807) is 24.3 Å². The molecule has 0 aliphatic heterocycles. The number of aromatic hydroxyl groups is 4. The van der Waals surface area contributed by atoms with Crippen molar-refractivity contribution in [1.82, 2.24) is 0 Å². The van der Waals surface area contributed by atoms with Gasteiger partial charge in [-0.15, -0.1) is 0 Å². The summed E-state index contributed by atoms with van der Waals surface area (Å²) in [7, 11) is 0. The lowest BCUT2D eigenvalue weighted by Gasteiger charge is -2.35. The van der Waals surface area contributed by atoms with Crippen molar-refractivity contribution in [2.24, 2.45) is 0 Å². The number of rotatable bonds is 9. The molecule has 0 heterocycles. The lowest BCUT2D eigenvalue weighted by Crippen LogP contribution is -2.18. The van der Waals surface area contributed by atoms with Crippen molar-refractivity contribution in [2.45, 2.75) is 11.8 Å². The molecule has 0 saturated heterocycles. The number of hydrogen-bond donors (Lipinski definition) is 4. The molecule has 4 nitrogen and oxygen atoms in total. The SMILES string of the molecule is Oc1ccccc1-c1ccccc1C(c1ccccc1-c1ccccc1O)C(c1ccccc1-c1ccccc1O)c1ccccc1-c1ccccc1O.